The second-order valence-corrected chi connectivity index (χ2v) is 8.10. The van der Waals surface area contributed by atoms with Crippen molar-refractivity contribution < 1.29 is 33.5 Å². The molecular weight excluding hydrogens is 494 g/mol. The van der Waals surface area contributed by atoms with E-state index in [0.717, 1.165) is 20.9 Å². The number of rotatable bonds is 5. The number of hydrogen-bond acceptors (Lipinski definition) is 10. The molecule has 2 amide bonds. The lowest BCUT2D eigenvalue weighted by molar-refractivity contribution is -0.177. The van der Waals surface area contributed by atoms with Crippen LogP contribution in [0.15, 0.2) is 77.0 Å². The fourth-order valence-corrected chi connectivity index (χ4v) is 2.97. The van der Waals surface area contributed by atoms with Crippen LogP contribution >= 0.6 is 25.3 Å². The van der Waals surface area contributed by atoms with Gasteiger partial charge >= 0.3 is 12.2 Å². The molecule has 182 valence electrons. The van der Waals surface area contributed by atoms with E-state index >= 15 is 0 Å². The normalized spacial score (nSPS) is 12.6. The van der Waals surface area contributed by atoms with Gasteiger partial charge in [0.25, 0.3) is 11.8 Å². The third-order valence-electron chi connectivity index (χ3n) is 4.48. The molecular formula is C23H21N3O7S2. The summed E-state index contributed by atoms with van der Waals surface area (Å²) >= 11 is 8.29. The van der Waals surface area contributed by atoms with Crippen LogP contribution in [0, 0.1) is 0 Å². The third-order valence-corrected chi connectivity index (χ3v) is 5.07. The minimum atomic E-state index is -1.08. The molecule has 0 bridgehead atoms. The molecule has 0 radical (unpaired) electrons. The average Bonchev–Trinajstić information content (AvgIpc) is 3.50. The monoisotopic (exact) mass is 515 g/mol. The summed E-state index contributed by atoms with van der Waals surface area (Å²) in [6.07, 6.45) is 3.05. The fourth-order valence-electron chi connectivity index (χ4n) is 2.67. The van der Waals surface area contributed by atoms with Crippen molar-refractivity contribution in [2.45, 2.75) is 35.8 Å². The predicted octanol–water partition coefficient (Wildman–Crippen LogP) is 4.05. The number of imide groups is 1. The first-order valence-corrected chi connectivity index (χ1v) is 11.1. The fraction of sp³-hybridized carbons (Fsp3) is 0.174. The molecule has 1 fully saturated rings. The van der Waals surface area contributed by atoms with E-state index in [-0.39, 0.29) is 26.1 Å². The first-order valence-electron chi connectivity index (χ1n) is 10.2. The number of benzene rings is 2. The predicted molar refractivity (Wildman–Crippen MR) is 128 cm³/mol. The molecule has 0 spiro atoms. The van der Waals surface area contributed by atoms with Crippen molar-refractivity contribution >= 4 is 49.3 Å². The molecule has 1 aromatic heterocycles. The van der Waals surface area contributed by atoms with Gasteiger partial charge in [0.1, 0.15) is 19.5 Å². The van der Waals surface area contributed by atoms with Crippen LogP contribution in [0.25, 0.3) is 0 Å². The summed E-state index contributed by atoms with van der Waals surface area (Å²) in [5.41, 5.74) is 1.67. The van der Waals surface area contributed by atoms with Crippen molar-refractivity contribution in [3.63, 3.8) is 0 Å². The molecule has 0 unspecified atom stereocenters. The van der Waals surface area contributed by atoms with Gasteiger partial charge in [0.2, 0.25) is 0 Å². The summed E-state index contributed by atoms with van der Waals surface area (Å²) in [6, 6.07) is 14.4. The van der Waals surface area contributed by atoms with Crippen LogP contribution in [-0.2, 0) is 37.1 Å². The summed E-state index contributed by atoms with van der Waals surface area (Å²) < 4.78 is 11.2. The molecule has 2 heterocycles. The van der Waals surface area contributed by atoms with Crippen LogP contribution in [0.4, 0.5) is 9.59 Å². The Balaban J connectivity index is 0.000000198. The minimum Gasteiger partial charge on any atom is -0.444 e. The summed E-state index contributed by atoms with van der Waals surface area (Å²) in [4.78, 5) is 55.1. The Morgan fingerprint density at radius 1 is 0.829 bits per heavy atom. The average molecular weight is 516 g/mol. The van der Waals surface area contributed by atoms with E-state index < -0.39 is 24.1 Å². The van der Waals surface area contributed by atoms with Crippen molar-refractivity contribution in [1.82, 2.24) is 14.6 Å². The number of nitrogens with zero attached hydrogens (tertiary/aromatic N) is 3. The number of imidazole rings is 1. The minimum absolute atomic E-state index is 0.0108. The first-order chi connectivity index (χ1) is 16.8. The van der Waals surface area contributed by atoms with E-state index in [1.54, 1.807) is 30.5 Å². The summed E-state index contributed by atoms with van der Waals surface area (Å²) in [7, 11) is 0. The van der Waals surface area contributed by atoms with Gasteiger partial charge in [-0.3, -0.25) is 14.4 Å². The molecule has 1 saturated heterocycles. The molecule has 10 nitrogen and oxygen atoms in total. The Morgan fingerprint density at radius 3 is 1.83 bits per heavy atom. The Hall–Kier alpha value is -3.77. The molecule has 2 aromatic carbocycles. The lowest BCUT2D eigenvalue weighted by Crippen LogP contribution is -2.32. The van der Waals surface area contributed by atoms with Gasteiger partial charge in [-0.15, -0.1) is 25.3 Å². The Bertz CT molecular complexity index is 1150. The van der Waals surface area contributed by atoms with E-state index in [0.29, 0.717) is 5.06 Å². The molecule has 3 aromatic rings. The van der Waals surface area contributed by atoms with E-state index in [1.807, 2.05) is 24.3 Å². The maximum Gasteiger partial charge on any atom is 0.534 e. The number of carbonyl (C=O) groups is 4. The second-order valence-electron chi connectivity index (χ2n) is 7.07. The lowest BCUT2D eigenvalue weighted by atomic mass is 10.2. The Morgan fingerprint density at radius 2 is 1.34 bits per heavy atom. The Kier molecular flexibility index (Phi) is 9.32. The summed E-state index contributed by atoms with van der Waals surface area (Å²) in [5.74, 6) is -1.08. The Labute approximate surface area is 211 Å². The number of hydrogen-bond donors (Lipinski definition) is 2. The highest BCUT2D eigenvalue weighted by atomic mass is 32.1. The van der Waals surface area contributed by atoms with Gasteiger partial charge in [-0.05, 0) is 35.4 Å². The van der Waals surface area contributed by atoms with Crippen LogP contribution in [0.1, 0.15) is 24.0 Å². The molecule has 0 N–H and O–H groups in total. The highest BCUT2D eigenvalue weighted by Gasteiger charge is 2.33. The van der Waals surface area contributed by atoms with Crippen LogP contribution in [0.5, 0.6) is 0 Å². The zero-order valence-corrected chi connectivity index (χ0v) is 20.1. The maximum atomic E-state index is 11.4. The highest BCUT2D eigenvalue weighted by Crippen LogP contribution is 2.14. The molecule has 1 aliphatic rings. The molecule has 0 aliphatic carbocycles. The van der Waals surface area contributed by atoms with Gasteiger partial charge in [0.05, 0.1) is 0 Å². The summed E-state index contributed by atoms with van der Waals surface area (Å²) in [6.45, 7) is 0.230. The molecule has 0 saturated carbocycles. The van der Waals surface area contributed by atoms with Gasteiger partial charge in [-0.1, -0.05) is 29.3 Å². The summed E-state index contributed by atoms with van der Waals surface area (Å²) in [5, 5.41) is 0.444. The number of thiol groups is 2. The van der Waals surface area contributed by atoms with Crippen LogP contribution in [-0.4, -0.2) is 38.7 Å². The topological polar surface area (TPSA) is 117 Å². The SMILES string of the molecule is O=C(OCc1ccc(S)cc1)ON1C(=O)CCC1=O.O=C(OCc1ccc(S)cc1)n1ccnc1. The second kappa shape index (κ2) is 12.6. The van der Waals surface area contributed by atoms with Crippen molar-refractivity contribution in [3.8, 4) is 0 Å². The zero-order chi connectivity index (χ0) is 25.2. The lowest BCUT2D eigenvalue weighted by Gasteiger charge is -2.12. The quantitative estimate of drug-likeness (QED) is 0.297. The number of hydroxylamine groups is 2. The van der Waals surface area contributed by atoms with E-state index in [4.69, 9.17) is 9.47 Å². The third kappa shape index (κ3) is 8.19. The van der Waals surface area contributed by atoms with Gasteiger partial charge in [-0.25, -0.2) is 19.1 Å². The maximum absolute atomic E-state index is 11.4. The van der Waals surface area contributed by atoms with Crippen molar-refractivity contribution in [3.05, 3.63) is 78.4 Å². The molecule has 0 atom stereocenters. The van der Waals surface area contributed by atoms with E-state index in [1.165, 1.54) is 17.1 Å². The zero-order valence-electron chi connectivity index (χ0n) is 18.3. The smallest absolute Gasteiger partial charge is 0.444 e. The van der Waals surface area contributed by atoms with Crippen LogP contribution in [0.2, 0.25) is 0 Å². The van der Waals surface area contributed by atoms with Crippen LogP contribution < -0.4 is 0 Å². The van der Waals surface area contributed by atoms with Crippen molar-refractivity contribution in [2.75, 3.05) is 0 Å². The van der Waals surface area contributed by atoms with Gasteiger partial charge in [-0.2, -0.15) is 0 Å². The van der Waals surface area contributed by atoms with Gasteiger partial charge in [0.15, 0.2) is 0 Å². The van der Waals surface area contributed by atoms with E-state index in [9.17, 15) is 19.2 Å². The number of carbonyl (C=O) groups excluding carboxylic acids is 4. The highest BCUT2D eigenvalue weighted by molar-refractivity contribution is 7.80. The van der Waals surface area contributed by atoms with Crippen LogP contribution in [0.3, 0.4) is 0 Å². The first kappa shape index (κ1) is 25.8. The number of aromatic nitrogens is 2. The van der Waals surface area contributed by atoms with Crippen molar-refractivity contribution in [1.29, 1.82) is 0 Å². The standard InChI is InChI=1S/C12H11NO5S.C11H10N2O2S/c14-10-5-6-11(15)13(10)18-12(16)17-7-8-1-3-9(19)4-2-8;14-11(13-6-5-12-8-13)15-7-9-1-3-10(16)4-2-9/h1-4,19H,5-7H2;1-6,8,16H,7H2. The molecule has 35 heavy (non-hydrogen) atoms. The number of amides is 2. The molecule has 4 rings (SSSR count). The largest absolute Gasteiger partial charge is 0.534 e. The molecule has 12 heteroatoms. The number of ether oxygens (including phenoxy) is 2. The van der Waals surface area contributed by atoms with Crippen molar-refractivity contribution in [2.24, 2.45) is 0 Å². The van der Waals surface area contributed by atoms with E-state index in [2.05, 4.69) is 35.1 Å². The van der Waals surface area contributed by atoms with Gasteiger partial charge < -0.3 is 9.47 Å². The molecule has 1 aliphatic heterocycles. The van der Waals surface area contributed by atoms with Gasteiger partial charge in [0, 0.05) is 35.0 Å².